The lowest BCUT2D eigenvalue weighted by molar-refractivity contribution is 0.0270. The van der Waals surface area contributed by atoms with E-state index in [9.17, 15) is 4.79 Å². The van der Waals surface area contributed by atoms with Gasteiger partial charge in [-0.2, -0.15) is 0 Å². The van der Waals surface area contributed by atoms with E-state index in [1.165, 1.54) is 0 Å². The van der Waals surface area contributed by atoms with Crippen molar-refractivity contribution in [2.75, 3.05) is 13.1 Å². The van der Waals surface area contributed by atoms with Gasteiger partial charge in [-0.15, -0.1) is 0 Å². The molecule has 1 aliphatic heterocycles. The molecule has 2 aliphatic rings. The van der Waals surface area contributed by atoms with Gasteiger partial charge < -0.3 is 19.3 Å². The zero-order valence-corrected chi connectivity index (χ0v) is 12.9. The molecule has 0 bridgehead atoms. The lowest BCUT2D eigenvalue weighted by Crippen LogP contribution is -2.36. The third kappa shape index (κ3) is 2.52. The highest BCUT2D eigenvalue weighted by Crippen LogP contribution is 2.58. The fraction of sp³-hybridized carbons (Fsp3) is 0.733. The van der Waals surface area contributed by atoms with Gasteiger partial charge in [-0.3, -0.25) is 0 Å². The first kappa shape index (κ1) is 14.4. The van der Waals surface area contributed by atoms with E-state index in [-0.39, 0.29) is 12.7 Å². The topological polar surface area (TPSA) is 75.8 Å². The van der Waals surface area contributed by atoms with E-state index in [4.69, 9.17) is 14.4 Å². The number of aliphatic hydroxyl groups is 1. The smallest absolute Gasteiger partial charge is 0.410 e. The van der Waals surface area contributed by atoms with E-state index in [1.807, 2.05) is 27.7 Å². The van der Waals surface area contributed by atoms with Gasteiger partial charge in [0, 0.05) is 24.6 Å². The second kappa shape index (κ2) is 4.73. The summed E-state index contributed by atoms with van der Waals surface area (Å²) in [5.41, 5.74) is 1.43. The van der Waals surface area contributed by atoms with Crippen LogP contribution in [0.15, 0.2) is 4.52 Å². The predicted molar refractivity (Wildman–Crippen MR) is 74.7 cm³/mol. The molecule has 6 heteroatoms. The molecular weight excluding hydrogens is 272 g/mol. The molecule has 3 atom stereocenters. The van der Waals surface area contributed by atoms with Gasteiger partial charge in [0.25, 0.3) is 0 Å². The van der Waals surface area contributed by atoms with Gasteiger partial charge in [-0.25, -0.2) is 4.79 Å². The molecular formula is C15H22N2O4. The van der Waals surface area contributed by atoms with Crippen LogP contribution in [0.3, 0.4) is 0 Å². The number of ether oxygens (including phenoxy) is 1. The lowest BCUT2D eigenvalue weighted by Gasteiger charge is -2.25. The molecule has 1 saturated heterocycles. The number of carbonyl (C=O) groups excluding carboxylic acids is 1. The van der Waals surface area contributed by atoms with Crippen LogP contribution in [0.2, 0.25) is 0 Å². The van der Waals surface area contributed by atoms with Gasteiger partial charge >= 0.3 is 6.09 Å². The highest BCUT2D eigenvalue weighted by atomic mass is 16.6. The van der Waals surface area contributed by atoms with Gasteiger partial charge in [0.15, 0.2) is 5.76 Å². The van der Waals surface area contributed by atoms with Gasteiger partial charge in [-0.1, -0.05) is 5.16 Å². The van der Waals surface area contributed by atoms with E-state index in [2.05, 4.69) is 5.16 Å². The van der Waals surface area contributed by atoms with Crippen LogP contribution in [0.4, 0.5) is 4.79 Å². The van der Waals surface area contributed by atoms with Crippen molar-refractivity contribution in [3.63, 3.8) is 0 Å². The predicted octanol–water partition coefficient (Wildman–Crippen LogP) is 2.06. The number of hydrogen-bond donors (Lipinski definition) is 1. The minimum absolute atomic E-state index is 0.120. The Labute approximate surface area is 124 Å². The molecule has 2 fully saturated rings. The van der Waals surface area contributed by atoms with Crippen LogP contribution in [0.25, 0.3) is 0 Å². The SMILES string of the molecule is Cc1c(C2[C@H]3CN(C(=O)OC(C)(C)C)C[C@@H]23)noc1CO. The molecule has 0 aromatic carbocycles. The molecule has 1 aliphatic carbocycles. The molecule has 1 aromatic heterocycles. The van der Waals surface area contributed by atoms with E-state index in [0.29, 0.717) is 36.6 Å². The number of nitrogens with zero attached hydrogens (tertiary/aromatic N) is 2. The van der Waals surface area contributed by atoms with E-state index in [1.54, 1.807) is 4.90 Å². The average molecular weight is 294 g/mol. The number of rotatable bonds is 2. The first-order valence-corrected chi connectivity index (χ1v) is 7.35. The number of likely N-dealkylation sites (tertiary alicyclic amines) is 1. The van der Waals surface area contributed by atoms with Crippen LogP contribution in [0.1, 0.15) is 43.7 Å². The zero-order valence-electron chi connectivity index (χ0n) is 12.9. The summed E-state index contributed by atoms with van der Waals surface area (Å²) in [4.78, 5) is 13.8. The summed E-state index contributed by atoms with van der Waals surface area (Å²) in [7, 11) is 0. The van der Waals surface area contributed by atoms with Crippen LogP contribution in [0.5, 0.6) is 0 Å². The summed E-state index contributed by atoms with van der Waals surface area (Å²) in [6, 6.07) is 0. The number of aromatic nitrogens is 1. The van der Waals surface area contributed by atoms with Gasteiger partial charge in [0.05, 0.1) is 5.69 Å². The normalized spacial score (nSPS) is 27.7. The summed E-state index contributed by atoms with van der Waals surface area (Å²) < 4.78 is 10.5. The van der Waals surface area contributed by atoms with Gasteiger partial charge in [0.2, 0.25) is 0 Å². The maximum absolute atomic E-state index is 12.0. The standard InChI is InChI=1S/C15H22N2O4/c1-8-11(7-18)21-16-13(8)12-9-5-17(6-10(9)12)14(19)20-15(2,3)4/h9-10,12,18H,5-7H2,1-4H3/t9-,10+,12?. The monoisotopic (exact) mass is 294 g/mol. The Kier molecular flexibility index (Phi) is 3.24. The average Bonchev–Trinajstić information content (AvgIpc) is 2.75. The van der Waals surface area contributed by atoms with Crippen molar-refractivity contribution in [2.45, 2.75) is 45.8 Å². The Morgan fingerprint density at radius 2 is 2.05 bits per heavy atom. The van der Waals surface area contributed by atoms with Crippen molar-refractivity contribution in [3.05, 3.63) is 17.0 Å². The third-order valence-corrected chi connectivity index (χ3v) is 4.36. The maximum atomic E-state index is 12.0. The molecule has 1 unspecified atom stereocenters. The maximum Gasteiger partial charge on any atom is 0.410 e. The minimum atomic E-state index is -0.456. The first-order chi connectivity index (χ1) is 9.81. The zero-order chi connectivity index (χ0) is 15.4. The number of carbonyl (C=O) groups is 1. The third-order valence-electron chi connectivity index (χ3n) is 4.36. The van der Waals surface area contributed by atoms with Crippen LogP contribution in [-0.2, 0) is 11.3 Å². The largest absolute Gasteiger partial charge is 0.444 e. The summed E-state index contributed by atoms with van der Waals surface area (Å²) in [5, 5.41) is 13.2. The van der Waals surface area contributed by atoms with Crippen molar-refractivity contribution < 1.29 is 19.2 Å². The highest BCUT2D eigenvalue weighted by molar-refractivity contribution is 5.69. The fourth-order valence-electron chi connectivity index (χ4n) is 3.25. The van der Waals surface area contributed by atoms with E-state index in [0.717, 1.165) is 11.3 Å². The van der Waals surface area contributed by atoms with Crippen molar-refractivity contribution in [2.24, 2.45) is 11.8 Å². The van der Waals surface area contributed by atoms with Crippen LogP contribution in [0, 0.1) is 18.8 Å². The van der Waals surface area contributed by atoms with E-state index >= 15 is 0 Å². The van der Waals surface area contributed by atoms with Crippen molar-refractivity contribution in [1.82, 2.24) is 10.1 Å². The minimum Gasteiger partial charge on any atom is -0.444 e. The summed E-state index contributed by atoms with van der Waals surface area (Å²) in [5.74, 6) is 1.77. The van der Waals surface area contributed by atoms with Crippen molar-refractivity contribution in [3.8, 4) is 0 Å². The number of hydrogen-bond acceptors (Lipinski definition) is 5. The molecule has 116 valence electrons. The van der Waals surface area contributed by atoms with Gasteiger partial charge in [0.1, 0.15) is 12.2 Å². The second-order valence-corrected chi connectivity index (χ2v) is 7.01. The quantitative estimate of drug-likeness (QED) is 0.903. The number of piperidine rings is 1. The molecule has 1 aromatic rings. The molecule has 1 amide bonds. The van der Waals surface area contributed by atoms with E-state index < -0.39 is 5.60 Å². The first-order valence-electron chi connectivity index (χ1n) is 7.35. The fourth-order valence-corrected chi connectivity index (χ4v) is 3.25. The Balaban J connectivity index is 1.61. The number of fused-ring (bicyclic) bond motifs is 1. The Hall–Kier alpha value is -1.56. The van der Waals surface area contributed by atoms with Crippen LogP contribution < -0.4 is 0 Å². The molecule has 0 spiro atoms. The lowest BCUT2D eigenvalue weighted by atomic mass is 10.1. The van der Waals surface area contributed by atoms with Crippen molar-refractivity contribution in [1.29, 1.82) is 0 Å². The Morgan fingerprint density at radius 1 is 1.43 bits per heavy atom. The number of aliphatic hydroxyl groups excluding tert-OH is 1. The molecule has 1 saturated carbocycles. The molecule has 0 radical (unpaired) electrons. The summed E-state index contributed by atoms with van der Waals surface area (Å²) >= 11 is 0. The molecule has 6 nitrogen and oxygen atoms in total. The summed E-state index contributed by atoms with van der Waals surface area (Å²) in [6.45, 7) is 8.86. The van der Waals surface area contributed by atoms with Crippen molar-refractivity contribution >= 4 is 6.09 Å². The van der Waals surface area contributed by atoms with Crippen LogP contribution >= 0.6 is 0 Å². The number of amides is 1. The van der Waals surface area contributed by atoms with Crippen LogP contribution in [-0.4, -0.2) is 39.9 Å². The highest BCUT2D eigenvalue weighted by Gasteiger charge is 2.59. The molecule has 3 rings (SSSR count). The summed E-state index contributed by atoms with van der Waals surface area (Å²) in [6.07, 6.45) is -0.235. The second-order valence-electron chi connectivity index (χ2n) is 7.01. The molecule has 1 N–H and O–H groups in total. The molecule has 21 heavy (non-hydrogen) atoms. The van der Waals surface area contributed by atoms with Gasteiger partial charge in [-0.05, 0) is 39.5 Å². The Morgan fingerprint density at radius 3 is 2.52 bits per heavy atom. The molecule has 2 heterocycles. The Bertz CT molecular complexity index is 549.